The van der Waals surface area contributed by atoms with E-state index < -0.39 is 12.9 Å². The smallest absolute Gasteiger partial charge is 0.355 e. The van der Waals surface area contributed by atoms with Crippen molar-refractivity contribution in [3.63, 3.8) is 0 Å². The van der Waals surface area contributed by atoms with Crippen LogP contribution in [0.25, 0.3) is 0 Å². The Hall–Kier alpha value is -0.250. The molecule has 1 aromatic carbocycles. The van der Waals surface area contributed by atoms with Gasteiger partial charge in [-0.3, -0.25) is 4.57 Å². The number of hydrogen-bond acceptors (Lipinski definition) is 4. The molecule has 1 N–H and O–H groups in total. The number of hydrogen-bond donors (Lipinski definition) is 1. The molecule has 0 bridgehead atoms. The van der Waals surface area contributed by atoms with Crippen LogP contribution in [0.4, 0.5) is 5.69 Å². The maximum Gasteiger partial charge on any atom is 0.355 e. The minimum Gasteiger partial charge on any atom is -0.369 e. The quantitative estimate of drug-likeness (QED) is 0.442. The molecule has 25 heavy (non-hydrogen) atoms. The van der Waals surface area contributed by atoms with Crippen LogP contribution in [0.5, 0.6) is 0 Å². The van der Waals surface area contributed by atoms with Crippen molar-refractivity contribution in [3.8, 4) is 0 Å². The van der Waals surface area contributed by atoms with Crippen molar-refractivity contribution < 1.29 is 13.6 Å². The highest BCUT2D eigenvalue weighted by Crippen LogP contribution is 2.65. The molecule has 0 aliphatic heterocycles. The first-order valence-electron chi connectivity index (χ1n) is 9.09. The Bertz CT molecular complexity index is 594. The van der Waals surface area contributed by atoms with E-state index in [1.54, 1.807) is 12.1 Å². The van der Waals surface area contributed by atoms with E-state index in [4.69, 9.17) is 32.2 Å². The van der Waals surface area contributed by atoms with Gasteiger partial charge in [-0.05, 0) is 43.9 Å². The van der Waals surface area contributed by atoms with Crippen LogP contribution in [-0.2, 0) is 13.6 Å². The van der Waals surface area contributed by atoms with Crippen molar-refractivity contribution in [2.24, 2.45) is 0 Å². The lowest BCUT2D eigenvalue weighted by Gasteiger charge is -2.43. The third-order valence-corrected chi connectivity index (χ3v) is 7.82. The summed E-state index contributed by atoms with van der Waals surface area (Å²) in [6.45, 7) is 4.85. The number of halogens is 2. The van der Waals surface area contributed by atoms with Gasteiger partial charge in [0.1, 0.15) is 5.28 Å². The molecule has 0 saturated heterocycles. The highest BCUT2D eigenvalue weighted by molar-refractivity contribution is 7.55. The third-order valence-electron chi connectivity index (χ3n) is 4.43. The molecule has 1 aliphatic rings. The monoisotopic (exact) mass is 407 g/mol. The Morgan fingerprint density at radius 2 is 1.64 bits per heavy atom. The van der Waals surface area contributed by atoms with Crippen LogP contribution in [0.2, 0.25) is 10.0 Å². The molecular weight excluding hydrogens is 380 g/mol. The van der Waals surface area contributed by atoms with E-state index in [9.17, 15) is 4.57 Å². The summed E-state index contributed by atoms with van der Waals surface area (Å²) in [5.74, 6) is 0. The molecule has 0 atom stereocenters. The first-order valence-corrected chi connectivity index (χ1v) is 11.4. The van der Waals surface area contributed by atoms with Crippen molar-refractivity contribution in [2.75, 3.05) is 18.5 Å². The lowest BCUT2D eigenvalue weighted by Crippen LogP contribution is -2.41. The minimum atomic E-state index is -3.34. The molecule has 1 fully saturated rings. The molecule has 0 amide bonds. The van der Waals surface area contributed by atoms with Crippen LogP contribution >= 0.6 is 30.8 Å². The molecule has 0 aromatic heterocycles. The lowest BCUT2D eigenvalue weighted by molar-refractivity contribution is 0.175. The summed E-state index contributed by atoms with van der Waals surface area (Å²) in [5, 5.41) is 3.72. The van der Waals surface area contributed by atoms with Crippen molar-refractivity contribution >= 4 is 36.5 Å². The SMILES string of the molecule is CCCOP(=O)(OCCC)C1(Nc2ccc(Cl)c(Cl)c2)CCCCC1. The molecule has 4 nitrogen and oxygen atoms in total. The van der Waals surface area contributed by atoms with E-state index in [1.807, 2.05) is 19.9 Å². The topological polar surface area (TPSA) is 47.6 Å². The number of nitrogens with one attached hydrogen (secondary N) is 1. The van der Waals surface area contributed by atoms with E-state index in [1.165, 1.54) is 0 Å². The molecular formula is C18H28Cl2NO3P. The van der Waals surface area contributed by atoms with Crippen molar-refractivity contribution in [1.82, 2.24) is 0 Å². The maximum absolute atomic E-state index is 13.8. The van der Waals surface area contributed by atoms with Gasteiger partial charge in [-0.2, -0.15) is 0 Å². The third kappa shape index (κ3) is 5.14. The molecule has 2 rings (SSSR count). The Labute approximate surface area is 161 Å². The zero-order valence-corrected chi connectivity index (χ0v) is 17.4. The van der Waals surface area contributed by atoms with Gasteiger partial charge in [0.15, 0.2) is 0 Å². The van der Waals surface area contributed by atoms with E-state index in [0.29, 0.717) is 23.3 Å². The van der Waals surface area contributed by atoms with Gasteiger partial charge in [0.2, 0.25) is 0 Å². The van der Waals surface area contributed by atoms with Crippen molar-refractivity contribution in [3.05, 3.63) is 28.2 Å². The minimum absolute atomic E-state index is 0.422. The fourth-order valence-corrected chi connectivity index (χ4v) is 6.00. The second-order valence-electron chi connectivity index (χ2n) is 6.51. The van der Waals surface area contributed by atoms with Gasteiger partial charge in [0.25, 0.3) is 0 Å². The van der Waals surface area contributed by atoms with Crippen LogP contribution in [-0.4, -0.2) is 18.5 Å². The number of rotatable bonds is 9. The standard InChI is InChI=1S/C18H28Cl2NO3P/c1-3-12-23-25(22,24-13-4-2)18(10-6-5-7-11-18)21-15-8-9-16(19)17(20)14-15/h8-9,14,21H,3-7,10-13H2,1-2H3. The fourth-order valence-electron chi connectivity index (χ4n) is 3.15. The molecule has 1 aliphatic carbocycles. The van der Waals surface area contributed by atoms with E-state index in [2.05, 4.69) is 5.32 Å². The van der Waals surface area contributed by atoms with Crippen LogP contribution in [0.1, 0.15) is 58.8 Å². The summed E-state index contributed by atoms with van der Waals surface area (Å²) in [7, 11) is -3.34. The van der Waals surface area contributed by atoms with Gasteiger partial charge in [0, 0.05) is 5.69 Å². The van der Waals surface area contributed by atoms with Crippen LogP contribution in [0, 0.1) is 0 Å². The molecule has 1 saturated carbocycles. The zero-order chi connectivity index (χ0) is 18.3. The molecule has 0 radical (unpaired) electrons. The maximum atomic E-state index is 13.8. The summed E-state index contributed by atoms with van der Waals surface area (Å²) >= 11 is 12.2. The van der Waals surface area contributed by atoms with Crippen LogP contribution in [0.15, 0.2) is 18.2 Å². The Morgan fingerprint density at radius 3 is 2.16 bits per heavy atom. The summed E-state index contributed by atoms with van der Waals surface area (Å²) in [5.41, 5.74) is 0.789. The first kappa shape index (κ1) is 21.1. The van der Waals surface area contributed by atoms with Gasteiger partial charge in [-0.25, -0.2) is 0 Å². The molecule has 7 heteroatoms. The summed E-state index contributed by atoms with van der Waals surface area (Å²) < 4.78 is 25.5. The van der Waals surface area contributed by atoms with Gasteiger partial charge in [-0.15, -0.1) is 0 Å². The highest BCUT2D eigenvalue weighted by Gasteiger charge is 2.51. The summed E-state index contributed by atoms with van der Waals surface area (Å²) in [6.07, 6.45) is 6.19. The molecule has 1 aromatic rings. The van der Waals surface area contributed by atoms with Crippen LogP contribution < -0.4 is 5.32 Å². The van der Waals surface area contributed by atoms with Crippen LogP contribution in [0.3, 0.4) is 0 Å². The molecule has 0 unspecified atom stereocenters. The van der Waals surface area contributed by atoms with Gasteiger partial charge in [0.05, 0.1) is 23.3 Å². The molecule has 0 spiro atoms. The Balaban J connectivity index is 2.35. The first-order chi connectivity index (χ1) is 12.0. The highest BCUT2D eigenvalue weighted by atomic mass is 35.5. The molecule has 0 heterocycles. The Kier molecular flexibility index (Phi) is 8.10. The summed E-state index contributed by atoms with van der Waals surface area (Å²) in [6, 6.07) is 5.37. The van der Waals surface area contributed by atoms with Gasteiger partial charge < -0.3 is 14.4 Å². The second-order valence-corrected chi connectivity index (χ2v) is 9.69. The zero-order valence-electron chi connectivity index (χ0n) is 15.0. The summed E-state index contributed by atoms with van der Waals surface area (Å²) in [4.78, 5) is 0. The van der Waals surface area contributed by atoms with Gasteiger partial charge in [-0.1, -0.05) is 56.3 Å². The molecule has 142 valence electrons. The number of anilines is 1. The van der Waals surface area contributed by atoms with E-state index in [-0.39, 0.29) is 0 Å². The normalized spacial score (nSPS) is 17.4. The predicted octanol–water partition coefficient (Wildman–Crippen LogP) is 7.11. The number of benzene rings is 1. The average Bonchev–Trinajstić information content (AvgIpc) is 2.62. The lowest BCUT2D eigenvalue weighted by atomic mass is 9.94. The fraction of sp³-hybridized carbons (Fsp3) is 0.667. The van der Waals surface area contributed by atoms with Crippen molar-refractivity contribution in [1.29, 1.82) is 0 Å². The van der Waals surface area contributed by atoms with E-state index >= 15 is 0 Å². The van der Waals surface area contributed by atoms with Crippen molar-refractivity contribution in [2.45, 2.75) is 64.1 Å². The Morgan fingerprint density at radius 1 is 1.04 bits per heavy atom. The average molecular weight is 408 g/mol. The van der Waals surface area contributed by atoms with E-state index in [0.717, 1.165) is 50.6 Å². The predicted molar refractivity (Wildman–Crippen MR) is 106 cm³/mol. The largest absolute Gasteiger partial charge is 0.369 e. The second kappa shape index (κ2) is 9.62. The van der Waals surface area contributed by atoms with Gasteiger partial charge >= 0.3 is 7.60 Å².